The summed E-state index contributed by atoms with van der Waals surface area (Å²) in [4.78, 5) is 6.89. The van der Waals surface area contributed by atoms with E-state index in [1.165, 1.54) is 25.2 Å². The molecule has 0 saturated heterocycles. The van der Waals surface area contributed by atoms with Crippen LogP contribution in [0.25, 0.3) is 21.7 Å². The summed E-state index contributed by atoms with van der Waals surface area (Å²) in [6.07, 6.45) is 1.99. The van der Waals surface area contributed by atoms with Gasteiger partial charge in [-0.3, -0.25) is 0 Å². The summed E-state index contributed by atoms with van der Waals surface area (Å²) in [6, 6.07) is 15.0. The fraction of sp³-hybridized carbons (Fsp3) is 0.0714. The molecule has 16 heavy (non-hydrogen) atoms. The molecule has 3 aromatic rings. The molecular formula is C14H11IN-. The molecule has 0 bridgehead atoms. The average Bonchev–Trinajstić information content (AvgIpc) is 2.37. The van der Waals surface area contributed by atoms with Crippen molar-refractivity contribution in [2.75, 3.05) is 4.93 Å². The van der Waals surface area contributed by atoms with Gasteiger partial charge < -0.3 is 0 Å². The van der Waals surface area contributed by atoms with Gasteiger partial charge in [-0.25, -0.2) is 0 Å². The van der Waals surface area contributed by atoms with Crippen LogP contribution < -0.4 is 21.2 Å². The first kappa shape index (κ1) is 10.0. The van der Waals surface area contributed by atoms with Gasteiger partial charge in [0.25, 0.3) is 0 Å². The zero-order valence-electron chi connectivity index (χ0n) is 8.94. The van der Waals surface area contributed by atoms with Crippen molar-refractivity contribution in [1.29, 1.82) is 0 Å². The number of benzene rings is 2. The molecule has 1 aromatic heterocycles. The van der Waals surface area contributed by atoms with Crippen LogP contribution in [0, 0.1) is 3.57 Å². The van der Waals surface area contributed by atoms with Crippen molar-refractivity contribution < 1.29 is 21.2 Å². The van der Waals surface area contributed by atoms with Crippen LogP contribution in [0.5, 0.6) is 0 Å². The number of halogens is 1. The van der Waals surface area contributed by atoms with Crippen LogP contribution in [-0.2, 0) is 0 Å². The van der Waals surface area contributed by atoms with Gasteiger partial charge in [-0.1, -0.05) is 0 Å². The van der Waals surface area contributed by atoms with E-state index in [0.29, 0.717) is 0 Å². The van der Waals surface area contributed by atoms with Crippen molar-refractivity contribution in [3.63, 3.8) is 0 Å². The summed E-state index contributed by atoms with van der Waals surface area (Å²) in [5, 5.41) is 3.82. The number of para-hydroxylation sites is 1. The molecule has 0 atom stereocenters. The van der Waals surface area contributed by atoms with E-state index in [1.54, 1.807) is 0 Å². The number of rotatable bonds is 1. The van der Waals surface area contributed by atoms with E-state index in [-0.39, 0.29) is 21.2 Å². The number of pyridine rings is 1. The molecule has 1 heterocycles. The van der Waals surface area contributed by atoms with Crippen molar-refractivity contribution in [3.05, 3.63) is 52.2 Å². The van der Waals surface area contributed by atoms with Gasteiger partial charge in [-0.2, -0.15) is 0 Å². The second kappa shape index (κ2) is 4.01. The molecule has 0 N–H and O–H groups in total. The van der Waals surface area contributed by atoms with Crippen molar-refractivity contribution in [3.8, 4) is 0 Å². The number of aromatic nitrogens is 1. The molecule has 0 amide bonds. The Balaban J connectivity index is 2.52. The maximum atomic E-state index is 4.61. The zero-order valence-corrected chi connectivity index (χ0v) is 11.1. The Morgan fingerprint density at radius 1 is 0.938 bits per heavy atom. The third kappa shape index (κ3) is 1.48. The summed E-state index contributed by atoms with van der Waals surface area (Å²) >= 11 is 0.0881. The summed E-state index contributed by atoms with van der Waals surface area (Å²) in [7, 11) is 0. The molecule has 3 rings (SSSR count). The van der Waals surface area contributed by atoms with E-state index in [0.717, 1.165) is 0 Å². The Kier molecular flexibility index (Phi) is 2.52. The fourth-order valence-electron chi connectivity index (χ4n) is 2.01. The third-order valence-corrected chi connectivity index (χ3v) is 4.81. The molecule has 0 fully saturated rings. The van der Waals surface area contributed by atoms with Gasteiger partial charge in [0.15, 0.2) is 0 Å². The monoisotopic (exact) mass is 320 g/mol. The molecule has 2 heteroatoms. The second-order valence-electron chi connectivity index (χ2n) is 3.67. The fourth-order valence-corrected chi connectivity index (χ4v) is 3.51. The average molecular weight is 320 g/mol. The topological polar surface area (TPSA) is 12.9 Å². The van der Waals surface area contributed by atoms with Crippen molar-refractivity contribution in [2.45, 2.75) is 0 Å². The Bertz CT molecular complexity index is 661. The van der Waals surface area contributed by atoms with Crippen LogP contribution >= 0.6 is 0 Å². The first-order chi connectivity index (χ1) is 7.90. The van der Waals surface area contributed by atoms with Gasteiger partial charge in [0.05, 0.1) is 0 Å². The summed E-state index contributed by atoms with van der Waals surface area (Å²) in [6.45, 7) is 0. The minimum atomic E-state index is 0.0881. The Morgan fingerprint density at radius 2 is 1.75 bits per heavy atom. The maximum absolute atomic E-state index is 4.61. The van der Waals surface area contributed by atoms with Crippen LogP contribution in [0.4, 0.5) is 0 Å². The third-order valence-electron chi connectivity index (χ3n) is 2.77. The Labute approximate surface area is 105 Å². The molecule has 0 saturated carbocycles. The molecule has 0 radical (unpaired) electrons. The second-order valence-corrected chi connectivity index (χ2v) is 5.91. The number of nitrogens with zero attached hydrogens (tertiary/aromatic N) is 1. The Hall–Kier alpha value is -1.16. The van der Waals surface area contributed by atoms with E-state index >= 15 is 0 Å². The van der Waals surface area contributed by atoms with E-state index in [9.17, 15) is 0 Å². The van der Waals surface area contributed by atoms with Crippen LogP contribution in [0.2, 0.25) is 0 Å². The van der Waals surface area contributed by atoms with Crippen LogP contribution in [0.1, 0.15) is 0 Å². The summed E-state index contributed by atoms with van der Waals surface area (Å²) in [5.41, 5.74) is 1.19. The number of fused-ring (bicyclic) bond motifs is 3. The first-order valence-corrected chi connectivity index (χ1v) is 8.40. The van der Waals surface area contributed by atoms with Crippen molar-refractivity contribution in [1.82, 2.24) is 4.98 Å². The normalized spacial score (nSPS) is 11.3. The van der Waals surface area contributed by atoms with Gasteiger partial charge in [-0.05, 0) is 0 Å². The minimum absolute atomic E-state index is 0.0881. The standard InChI is InChI=1S/C14H11IN/c1-15-13-8-4-7-12-11-6-3-2-5-10(11)9-16-14(12)13/h2-9H,1H3/q-1. The first-order valence-electron chi connectivity index (χ1n) is 5.16. The summed E-state index contributed by atoms with van der Waals surface area (Å²) < 4.78 is 1.43. The van der Waals surface area contributed by atoms with Gasteiger partial charge in [0.1, 0.15) is 0 Å². The van der Waals surface area contributed by atoms with E-state index < -0.39 is 0 Å². The van der Waals surface area contributed by atoms with Crippen LogP contribution in [0.3, 0.4) is 0 Å². The van der Waals surface area contributed by atoms with Crippen molar-refractivity contribution in [2.24, 2.45) is 0 Å². The molecule has 1 nitrogen and oxygen atoms in total. The van der Waals surface area contributed by atoms with E-state index in [2.05, 4.69) is 52.4 Å². The SMILES string of the molecule is C[I-]c1cccc2c1ncc1ccccc12. The summed E-state index contributed by atoms with van der Waals surface area (Å²) in [5.74, 6) is 0. The van der Waals surface area contributed by atoms with E-state index in [4.69, 9.17) is 0 Å². The number of hydrogen-bond acceptors (Lipinski definition) is 1. The molecule has 0 aliphatic rings. The van der Waals surface area contributed by atoms with Crippen molar-refractivity contribution >= 4 is 21.7 Å². The molecule has 80 valence electrons. The number of alkyl halides is 1. The van der Waals surface area contributed by atoms with Crippen LogP contribution in [-0.4, -0.2) is 9.91 Å². The molecule has 2 aromatic carbocycles. The zero-order chi connectivity index (χ0) is 11.0. The molecule has 0 spiro atoms. The van der Waals surface area contributed by atoms with Gasteiger partial charge >= 0.3 is 105 Å². The predicted molar refractivity (Wildman–Crippen MR) is 63.9 cm³/mol. The molecule has 0 unspecified atom stereocenters. The van der Waals surface area contributed by atoms with Gasteiger partial charge in [0, 0.05) is 0 Å². The predicted octanol–water partition coefficient (Wildman–Crippen LogP) is 0.276. The van der Waals surface area contributed by atoms with Gasteiger partial charge in [0.2, 0.25) is 0 Å². The molecule has 0 aliphatic heterocycles. The number of hydrogen-bond donors (Lipinski definition) is 0. The Morgan fingerprint density at radius 3 is 2.62 bits per heavy atom. The molecule has 0 aliphatic carbocycles. The van der Waals surface area contributed by atoms with E-state index in [1.807, 2.05) is 6.20 Å². The van der Waals surface area contributed by atoms with Crippen LogP contribution in [0.15, 0.2) is 48.7 Å². The van der Waals surface area contributed by atoms with Gasteiger partial charge in [-0.15, -0.1) is 0 Å². The quantitative estimate of drug-likeness (QED) is 0.357. The molecular weight excluding hydrogens is 309 g/mol.